The van der Waals surface area contributed by atoms with Gasteiger partial charge >= 0.3 is 0 Å². The molecule has 1 aromatic rings. The van der Waals surface area contributed by atoms with E-state index in [1.54, 1.807) is 12.1 Å². The van der Waals surface area contributed by atoms with Gasteiger partial charge in [-0.3, -0.25) is 4.79 Å². The fourth-order valence-electron chi connectivity index (χ4n) is 2.68. The van der Waals surface area contributed by atoms with E-state index in [1.165, 1.54) is 0 Å². The van der Waals surface area contributed by atoms with Crippen LogP contribution in [-0.4, -0.2) is 51.4 Å². The highest BCUT2D eigenvalue weighted by molar-refractivity contribution is 14.0. The van der Waals surface area contributed by atoms with Crippen LogP contribution in [0.4, 0.5) is 0 Å². The number of carbonyl (C=O) groups excluding carboxylic acids is 1. The van der Waals surface area contributed by atoms with E-state index in [1.807, 2.05) is 19.1 Å². The van der Waals surface area contributed by atoms with Gasteiger partial charge in [-0.05, 0) is 37.5 Å². The van der Waals surface area contributed by atoms with Crippen molar-refractivity contribution in [3.8, 4) is 0 Å². The summed E-state index contributed by atoms with van der Waals surface area (Å²) in [5.74, 6) is 0.879. The number of aliphatic imine (C=N–C) groups is 1. The summed E-state index contributed by atoms with van der Waals surface area (Å²) in [4.78, 5) is 15.8. The summed E-state index contributed by atoms with van der Waals surface area (Å²) < 4.78 is 11.0. The summed E-state index contributed by atoms with van der Waals surface area (Å²) in [7, 11) is 0. The van der Waals surface area contributed by atoms with E-state index in [0.29, 0.717) is 18.0 Å². The Kier molecular flexibility index (Phi) is 12.0. The highest BCUT2D eigenvalue weighted by Gasteiger charge is 2.15. The topological polar surface area (TPSA) is 98.0 Å². The number of nitrogens with zero attached hydrogens (tertiary/aromatic N) is 1. The molecule has 4 N–H and O–H groups in total. The maximum atomic E-state index is 11.2. The molecule has 2 rings (SSSR count). The average molecular weight is 490 g/mol. The Morgan fingerprint density at radius 2 is 2.26 bits per heavy atom. The van der Waals surface area contributed by atoms with Crippen molar-refractivity contribution in [1.82, 2.24) is 10.6 Å². The van der Waals surface area contributed by atoms with Gasteiger partial charge in [0.25, 0.3) is 0 Å². The lowest BCUT2D eigenvalue weighted by atomic mass is 10.1. The van der Waals surface area contributed by atoms with Gasteiger partial charge in [0.15, 0.2) is 5.96 Å². The zero-order valence-corrected chi connectivity index (χ0v) is 18.2. The molecule has 1 fully saturated rings. The zero-order chi connectivity index (χ0) is 18.6. The van der Waals surface area contributed by atoms with Gasteiger partial charge in [0, 0.05) is 37.8 Å². The molecule has 1 unspecified atom stereocenters. The Hall–Kier alpha value is -1.39. The van der Waals surface area contributed by atoms with Crippen molar-refractivity contribution in [1.29, 1.82) is 0 Å². The van der Waals surface area contributed by atoms with Crippen molar-refractivity contribution in [3.63, 3.8) is 0 Å². The fraction of sp³-hybridized carbons (Fsp3) is 0.579. The van der Waals surface area contributed by atoms with Crippen LogP contribution in [0, 0.1) is 5.92 Å². The Labute approximate surface area is 178 Å². The first kappa shape index (κ1) is 23.6. The Morgan fingerprint density at radius 1 is 1.41 bits per heavy atom. The lowest BCUT2D eigenvalue weighted by Gasteiger charge is -2.12. The monoisotopic (exact) mass is 490 g/mol. The minimum Gasteiger partial charge on any atom is -0.381 e. The third kappa shape index (κ3) is 9.39. The van der Waals surface area contributed by atoms with Crippen LogP contribution in [0.5, 0.6) is 0 Å². The predicted molar refractivity (Wildman–Crippen MR) is 118 cm³/mol. The summed E-state index contributed by atoms with van der Waals surface area (Å²) in [5, 5.41) is 6.52. The summed E-state index contributed by atoms with van der Waals surface area (Å²) >= 11 is 0. The van der Waals surface area contributed by atoms with E-state index in [2.05, 4.69) is 15.6 Å². The van der Waals surface area contributed by atoms with Gasteiger partial charge in [-0.25, -0.2) is 4.99 Å². The first-order chi connectivity index (χ1) is 12.7. The number of benzene rings is 1. The lowest BCUT2D eigenvalue weighted by molar-refractivity contribution is 0.0888. The van der Waals surface area contributed by atoms with E-state index in [9.17, 15) is 4.79 Å². The molecule has 1 aromatic carbocycles. The van der Waals surface area contributed by atoms with Crippen LogP contribution in [0.2, 0.25) is 0 Å². The number of nitrogens with one attached hydrogen (secondary N) is 2. The number of guanidine groups is 1. The Bertz CT molecular complexity index is 592. The SMILES string of the molecule is CCNC(=NCc1cccc(C(N)=O)c1)NCCCOCC1CCOC1.I. The molecule has 1 amide bonds. The number of carbonyl (C=O) groups is 1. The van der Waals surface area contributed by atoms with E-state index >= 15 is 0 Å². The number of primary amides is 1. The van der Waals surface area contributed by atoms with Crippen LogP contribution in [0.15, 0.2) is 29.3 Å². The number of nitrogens with two attached hydrogens (primary N) is 1. The van der Waals surface area contributed by atoms with Crippen LogP contribution in [0.25, 0.3) is 0 Å². The normalized spacial score (nSPS) is 16.6. The molecule has 1 heterocycles. The summed E-state index contributed by atoms with van der Waals surface area (Å²) in [6, 6.07) is 7.23. The van der Waals surface area contributed by atoms with Crippen molar-refractivity contribution < 1.29 is 14.3 Å². The summed E-state index contributed by atoms with van der Waals surface area (Å²) in [6.07, 6.45) is 2.02. The van der Waals surface area contributed by atoms with Crippen molar-refractivity contribution in [2.75, 3.05) is 39.5 Å². The number of amides is 1. The molecule has 0 bridgehead atoms. The minimum atomic E-state index is -0.426. The van der Waals surface area contributed by atoms with E-state index in [4.69, 9.17) is 15.2 Å². The molecule has 0 saturated carbocycles. The Morgan fingerprint density at radius 3 is 2.96 bits per heavy atom. The number of halogens is 1. The average Bonchev–Trinajstić information content (AvgIpc) is 3.16. The number of ether oxygens (including phenoxy) is 2. The zero-order valence-electron chi connectivity index (χ0n) is 15.9. The standard InChI is InChI=1S/C19H30N4O3.HI/c1-2-21-19(22-8-4-9-25-13-16-7-10-26-14-16)23-12-15-5-3-6-17(11-15)18(20)24;/h3,5-6,11,16H,2,4,7-10,12-14H2,1H3,(H2,20,24)(H2,21,22,23);1H. The highest BCUT2D eigenvalue weighted by Crippen LogP contribution is 2.12. The maximum absolute atomic E-state index is 11.2. The predicted octanol–water partition coefficient (Wildman–Crippen LogP) is 1.90. The summed E-state index contributed by atoms with van der Waals surface area (Å²) in [6.45, 7) is 7.27. The van der Waals surface area contributed by atoms with Crippen LogP contribution >= 0.6 is 24.0 Å². The van der Waals surface area contributed by atoms with Crippen LogP contribution in [-0.2, 0) is 16.0 Å². The van der Waals surface area contributed by atoms with E-state index in [0.717, 1.165) is 63.9 Å². The fourth-order valence-corrected chi connectivity index (χ4v) is 2.68. The summed E-state index contributed by atoms with van der Waals surface area (Å²) in [5.41, 5.74) is 6.76. The van der Waals surface area contributed by atoms with E-state index in [-0.39, 0.29) is 24.0 Å². The van der Waals surface area contributed by atoms with Gasteiger partial charge in [-0.15, -0.1) is 24.0 Å². The molecule has 27 heavy (non-hydrogen) atoms. The third-order valence-corrected chi connectivity index (χ3v) is 4.11. The van der Waals surface area contributed by atoms with Gasteiger partial charge in [-0.1, -0.05) is 12.1 Å². The molecule has 1 aliphatic rings. The third-order valence-electron chi connectivity index (χ3n) is 4.11. The first-order valence-electron chi connectivity index (χ1n) is 9.25. The molecule has 8 heteroatoms. The number of rotatable bonds is 10. The minimum absolute atomic E-state index is 0. The first-order valence-corrected chi connectivity index (χ1v) is 9.25. The van der Waals surface area contributed by atoms with Crippen LogP contribution in [0.3, 0.4) is 0 Å². The second-order valence-electron chi connectivity index (χ2n) is 6.34. The number of hydrogen-bond acceptors (Lipinski definition) is 4. The molecule has 7 nitrogen and oxygen atoms in total. The molecule has 152 valence electrons. The molecule has 0 spiro atoms. The highest BCUT2D eigenvalue weighted by atomic mass is 127. The second-order valence-corrected chi connectivity index (χ2v) is 6.34. The molecular weight excluding hydrogens is 459 g/mol. The van der Waals surface area contributed by atoms with Gasteiger partial charge in [0.2, 0.25) is 5.91 Å². The van der Waals surface area contributed by atoms with Gasteiger partial charge in [-0.2, -0.15) is 0 Å². The largest absolute Gasteiger partial charge is 0.381 e. The van der Waals surface area contributed by atoms with Crippen LogP contribution in [0.1, 0.15) is 35.7 Å². The van der Waals surface area contributed by atoms with Gasteiger partial charge in [0.1, 0.15) is 0 Å². The molecule has 1 aliphatic heterocycles. The van der Waals surface area contributed by atoms with Crippen molar-refractivity contribution in [3.05, 3.63) is 35.4 Å². The van der Waals surface area contributed by atoms with E-state index < -0.39 is 5.91 Å². The molecule has 0 aliphatic carbocycles. The molecule has 1 saturated heterocycles. The Balaban J connectivity index is 0.00000364. The molecule has 0 aromatic heterocycles. The van der Waals surface area contributed by atoms with Gasteiger partial charge in [0.05, 0.1) is 19.8 Å². The van der Waals surface area contributed by atoms with Crippen molar-refractivity contribution in [2.24, 2.45) is 16.6 Å². The van der Waals surface area contributed by atoms with Crippen molar-refractivity contribution >= 4 is 35.8 Å². The van der Waals surface area contributed by atoms with Gasteiger partial charge < -0.3 is 25.8 Å². The molecule has 1 atom stereocenters. The smallest absolute Gasteiger partial charge is 0.248 e. The second kappa shape index (κ2) is 13.7. The lowest BCUT2D eigenvalue weighted by Crippen LogP contribution is -2.38. The maximum Gasteiger partial charge on any atom is 0.248 e. The molecule has 0 radical (unpaired) electrons. The quantitative estimate of drug-likeness (QED) is 0.202. The number of hydrogen-bond donors (Lipinski definition) is 3. The van der Waals surface area contributed by atoms with Crippen LogP contribution < -0.4 is 16.4 Å². The molecular formula is C19H31IN4O3. The van der Waals surface area contributed by atoms with Crippen molar-refractivity contribution in [2.45, 2.75) is 26.3 Å².